The Morgan fingerprint density at radius 2 is 1.93 bits per heavy atom. The van der Waals surface area contributed by atoms with Gasteiger partial charge in [-0.05, 0) is 69.8 Å². The Morgan fingerprint density at radius 3 is 2.67 bits per heavy atom. The third-order valence-corrected chi connectivity index (χ3v) is 5.74. The van der Waals surface area contributed by atoms with Gasteiger partial charge in [0.2, 0.25) is 0 Å². The largest absolute Gasteiger partial charge is 0.357 e. The van der Waals surface area contributed by atoms with Crippen LogP contribution in [0.25, 0.3) is 0 Å². The summed E-state index contributed by atoms with van der Waals surface area (Å²) in [5.41, 5.74) is 2.31. The van der Waals surface area contributed by atoms with Crippen LogP contribution in [0, 0.1) is 6.92 Å². The first-order valence-electron chi connectivity index (χ1n) is 10.3. The summed E-state index contributed by atoms with van der Waals surface area (Å²) in [5.74, 6) is 0.827. The minimum Gasteiger partial charge on any atom is -0.357 e. The van der Waals surface area contributed by atoms with Crippen LogP contribution in [0.2, 0.25) is 0 Å². The average molecular weight is 456 g/mol. The second kappa shape index (κ2) is 11.5. The highest BCUT2D eigenvalue weighted by atomic mass is 35.5. The fourth-order valence-corrected chi connectivity index (χ4v) is 4.08. The minimum absolute atomic E-state index is 0. The van der Waals surface area contributed by atoms with Crippen LogP contribution in [0.1, 0.15) is 59.9 Å². The molecule has 0 bridgehead atoms. The predicted octanol–water partition coefficient (Wildman–Crippen LogP) is 2.67. The number of halogens is 2. The number of piperidine rings is 2. The summed E-state index contributed by atoms with van der Waals surface area (Å²) < 4.78 is 1.91. The number of hydrogen-bond acceptors (Lipinski definition) is 6. The summed E-state index contributed by atoms with van der Waals surface area (Å²) in [6, 6.07) is 4.35. The Balaban J connectivity index is 0.00000160. The molecule has 30 heavy (non-hydrogen) atoms. The van der Waals surface area contributed by atoms with Gasteiger partial charge in [-0.3, -0.25) is 4.79 Å². The van der Waals surface area contributed by atoms with E-state index in [0.717, 1.165) is 56.1 Å². The molecule has 4 rings (SSSR count). The molecule has 0 unspecified atom stereocenters. The van der Waals surface area contributed by atoms with Crippen LogP contribution in [0.3, 0.4) is 0 Å². The van der Waals surface area contributed by atoms with Gasteiger partial charge in [-0.1, -0.05) is 5.21 Å². The highest BCUT2D eigenvalue weighted by molar-refractivity contribution is 5.93. The molecule has 10 heteroatoms. The molecule has 8 nitrogen and oxygen atoms in total. The first-order chi connectivity index (χ1) is 13.7. The van der Waals surface area contributed by atoms with E-state index in [-0.39, 0.29) is 30.7 Å². The van der Waals surface area contributed by atoms with Crippen LogP contribution in [-0.4, -0.2) is 52.1 Å². The lowest BCUT2D eigenvalue weighted by Gasteiger charge is -2.27. The van der Waals surface area contributed by atoms with Crippen molar-refractivity contribution in [3.8, 4) is 0 Å². The summed E-state index contributed by atoms with van der Waals surface area (Å²) in [6.45, 7) is 6.46. The molecule has 0 atom stereocenters. The molecule has 1 amide bonds. The number of carbonyl (C=O) groups excluding carboxylic acids is 1. The van der Waals surface area contributed by atoms with Crippen molar-refractivity contribution in [3.63, 3.8) is 0 Å². The Hall–Kier alpha value is -1.90. The topological polar surface area (TPSA) is 88.0 Å². The monoisotopic (exact) mass is 455 g/mol. The molecule has 2 aliphatic heterocycles. The van der Waals surface area contributed by atoms with Gasteiger partial charge >= 0.3 is 0 Å². The molecule has 2 aromatic rings. The van der Waals surface area contributed by atoms with Crippen LogP contribution >= 0.6 is 24.8 Å². The highest BCUT2D eigenvalue weighted by Crippen LogP contribution is 2.21. The van der Waals surface area contributed by atoms with Gasteiger partial charge in [0.15, 0.2) is 5.69 Å². The molecular weight excluding hydrogens is 425 g/mol. The van der Waals surface area contributed by atoms with E-state index in [2.05, 4.69) is 36.9 Å². The van der Waals surface area contributed by atoms with Gasteiger partial charge in [0.25, 0.3) is 5.91 Å². The summed E-state index contributed by atoms with van der Waals surface area (Å²) in [5, 5.41) is 14.7. The van der Waals surface area contributed by atoms with Crippen molar-refractivity contribution in [2.24, 2.45) is 0 Å². The van der Waals surface area contributed by atoms with Gasteiger partial charge in [0.1, 0.15) is 5.82 Å². The number of rotatable bonds is 5. The van der Waals surface area contributed by atoms with E-state index in [9.17, 15) is 4.79 Å². The molecule has 0 radical (unpaired) electrons. The normalized spacial score (nSPS) is 17.0. The zero-order chi connectivity index (χ0) is 19.3. The fraction of sp³-hybridized carbons (Fsp3) is 0.600. The Labute approximate surface area is 190 Å². The van der Waals surface area contributed by atoms with E-state index in [4.69, 9.17) is 0 Å². The number of amides is 1. The fourth-order valence-electron chi connectivity index (χ4n) is 4.08. The number of aromatic nitrogens is 4. The Kier molecular flexibility index (Phi) is 9.33. The third-order valence-electron chi connectivity index (χ3n) is 5.74. The molecule has 2 saturated heterocycles. The van der Waals surface area contributed by atoms with Crippen molar-refractivity contribution in [3.05, 3.63) is 35.3 Å². The molecule has 2 aliphatic rings. The van der Waals surface area contributed by atoms with Gasteiger partial charge in [-0.25, -0.2) is 9.67 Å². The van der Waals surface area contributed by atoms with Gasteiger partial charge in [0.05, 0.1) is 11.7 Å². The second-order valence-electron chi connectivity index (χ2n) is 7.70. The van der Waals surface area contributed by atoms with E-state index < -0.39 is 0 Å². The van der Waals surface area contributed by atoms with Gasteiger partial charge in [0, 0.05) is 25.8 Å². The minimum atomic E-state index is -0.172. The van der Waals surface area contributed by atoms with E-state index in [1.807, 2.05) is 23.9 Å². The Bertz CT molecular complexity index is 817. The predicted molar refractivity (Wildman–Crippen MR) is 122 cm³/mol. The summed E-state index contributed by atoms with van der Waals surface area (Å²) in [7, 11) is 0. The van der Waals surface area contributed by atoms with Crippen molar-refractivity contribution >= 4 is 36.5 Å². The van der Waals surface area contributed by atoms with Crippen LogP contribution in [-0.2, 0) is 6.54 Å². The zero-order valence-electron chi connectivity index (χ0n) is 17.3. The van der Waals surface area contributed by atoms with Crippen LogP contribution in [0.4, 0.5) is 5.82 Å². The van der Waals surface area contributed by atoms with Crippen molar-refractivity contribution in [2.75, 3.05) is 31.1 Å². The van der Waals surface area contributed by atoms with Crippen LogP contribution in [0.15, 0.2) is 18.3 Å². The molecule has 0 aromatic carbocycles. The average Bonchev–Trinajstić information content (AvgIpc) is 3.15. The smallest absolute Gasteiger partial charge is 0.274 e. The van der Waals surface area contributed by atoms with E-state index in [1.54, 1.807) is 0 Å². The van der Waals surface area contributed by atoms with E-state index in [1.165, 1.54) is 19.3 Å². The number of carbonyl (C=O) groups is 1. The Morgan fingerprint density at radius 1 is 1.20 bits per heavy atom. The molecule has 2 N–H and O–H groups in total. The van der Waals surface area contributed by atoms with Gasteiger partial charge < -0.3 is 15.5 Å². The summed E-state index contributed by atoms with van der Waals surface area (Å²) >= 11 is 0. The maximum absolute atomic E-state index is 12.7. The summed E-state index contributed by atoms with van der Waals surface area (Å²) in [4.78, 5) is 19.5. The first-order valence-corrected chi connectivity index (χ1v) is 10.3. The number of anilines is 1. The van der Waals surface area contributed by atoms with Gasteiger partial charge in [-0.2, -0.15) is 0 Å². The lowest BCUT2D eigenvalue weighted by atomic mass is 10.1. The molecule has 0 aliphatic carbocycles. The lowest BCUT2D eigenvalue weighted by Crippen LogP contribution is -2.31. The number of hydrogen-bond donors (Lipinski definition) is 2. The lowest BCUT2D eigenvalue weighted by molar-refractivity contribution is 0.0945. The maximum Gasteiger partial charge on any atom is 0.274 e. The van der Waals surface area contributed by atoms with Crippen molar-refractivity contribution < 1.29 is 4.79 Å². The van der Waals surface area contributed by atoms with Crippen LogP contribution in [0.5, 0.6) is 0 Å². The molecule has 2 fully saturated rings. The van der Waals surface area contributed by atoms with Crippen LogP contribution < -0.4 is 15.5 Å². The SMILES string of the molecule is Cc1c(C(=O)NCc2ccnc(N3CCCCC3)c2)nnn1C1CCNCC1.Cl.Cl. The number of nitrogens with one attached hydrogen (secondary N) is 2. The third kappa shape index (κ3) is 5.62. The number of nitrogens with zero attached hydrogens (tertiary/aromatic N) is 5. The molecule has 2 aromatic heterocycles. The number of pyridine rings is 1. The second-order valence-corrected chi connectivity index (χ2v) is 7.70. The van der Waals surface area contributed by atoms with Crippen molar-refractivity contribution in [1.29, 1.82) is 0 Å². The molecule has 166 valence electrons. The summed E-state index contributed by atoms with van der Waals surface area (Å²) in [6.07, 6.45) is 7.58. The van der Waals surface area contributed by atoms with E-state index >= 15 is 0 Å². The van der Waals surface area contributed by atoms with Gasteiger partial charge in [-0.15, -0.1) is 29.9 Å². The van der Waals surface area contributed by atoms with Crippen molar-refractivity contribution in [2.45, 2.75) is 51.6 Å². The zero-order valence-corrected chi connectivity index (χ0v) is 19.0. The molecule has 4 heterocycles. The highest BCUT2D eigenvalue weighted by Gasteiger charge is 2.22. The first kappa shape index (κ1) is 24.4. The maximum atomic E-state index is 12.7. The van der Waals surface area contributed by atoms with E-state index in [0.29, 0.717) is 18.3 Å². The standard InChI is InChI=1S/C20H29N7O.2ClH/c1-15-19(24-25-27(15)17-6-8-21-9-7-17)20(28)23-14-16-5-10-22-18(13-16)26-11-3-2-4-12-26;;/h5,10,13,17,21H,2-4,6-9,11-12,14H2,1H3,(H,23,28);2*1H. The quantitative estimate of drug-likeness (QED) is 0.720. The molecule has 0 saturated carbocycles. The molecule has 0 spiro atoms. The van der Waals surface area contributed by atoms with Crippen molar-refractivity contribution in [1.82, 2.24) is 30.6 Å². The molecular formula is C20H31Cl2N7O.